The molecule has 0 fully saturated rings. The monoisotopic (exact) mass is 600 g/mol. The summed E-state index contributed by atoms with van der Waals surface area (Å²) in [5.74, 6) is 0. The number of hydrogen-bond acceptors (Lipinski definition) is 5. The van der Waals surface area contributed by atoms with Gasteiger partial charge >= 0.3 is 244 Å². The molecular weight excluding hydrogens is 535 g/mol. The van der Waals surface area contributed by atoms with E-state index < -0.39 is 15.6 Å². The van der Waals surface area contributed by atoms with E-state index in [1.54, 1.807) is 21.3 Å². The van der Waals surface area contributed by atoms with Crippen LogP contribution in [0.3, 0.4) is 0 Å². The maximum atomic E-state index is 12.2. The van der Waals surface area contributed by atoms with Gasteiger partial charge in [-0.15, -0.1) is 0 Å². The van der Waals surface area contributed by atoms with Crippen LogP contribution in [0.1, 0.15) is 143 Å². The first-order valence-corrected chi connectivity index (χ1v) is 21.5. The molecule has 0 unspecified atom stereocenters. The number of halogens is 1. The van der Waals surface area contributed by atoms with Crippen LogP contribution >= 0.6 is 6.83 Å². The maximum absolute atomic E-state index is 12.2. The van der Waals surface area contributed by atoms with Gasteiger partial charge in [0.05, 0.1) is 0 Å². The van der Waals surface area contributed by atoms with Crippen LogP contribution in [0.5, 0.6) is 0 Å². The zero-order chi connectivity index (χ0) is 28.5. The second-order valence-corrected chi connectivity index (χ2v) is 20.9. The number of unbranched alkanes of at least 4 members (excludes halogenated alkanes) is 15. The summed E-state index contributed by atoms with van der Waals surface area (Å²) in [5.41, 5.74) is 0. The second-order valence-electron chi connectivity index (χ2n) is 11.6. The van der Waals surface area contributed by atoms with Gasteiger partial charge in [-0.3, -0.25) is 0 Å². The summed E-state index contributed by atoms with van der Waals surface area (Å²) in [5, 5.41) is 0. The number of rotatable bonds is 30. The van der Waals surface area contributed by atoms with E-state index in [9.17, 15) is 4.66 Å². The van der Waals surface area contributed by atoms with Gasteiger partial charge in [0.15, 0.2) is 0 Å². The summed E-state index contributed by atoms with van der Waals surface area (Å²) in [6.45, 7) is 4.10. The Hall–Kier alpha value is 0.737. The topological polar surface area (TPSA) is 60.0 Å². The molecule has 0 aliphatic heterocycles. The van der Waals surface area contributed by atoms with Crippen LogP contribution in [0, 0.1) is 11.3 Å². The summed E-state index contributed by atoms with van der Waals surface area (Å²) in [6.07, 6.45) is 28.1. The van der Waals surface area contributed by atoms with Crippen LogP contribution in [0.25, 0.3) is 0 Å². The fourth-order valence-corrected chi connectivity index (χ4v) is 15.1. The first-order valence-electron chi connectivity index (χ1n) is 16.1. The van der Waals surface area contributed by atoms with E-state index in [1.807, 2.05) is 0 Å². The molecule has 0 atom stereocenters. The predicted molar refractivity (Wildman–Crippen MR) is 164 cm³/mol. The van der Waals surface area contributed by atoms with Crippen molar-refractivity contribution in [3.8, 4) is 0 Å². The summed E-state index contributed by atoms with van der Waals surface area (Å²) in [4.78, 5) is 0. The quantitative estimate of drug-likeness (QED) is 0.0467. The fraction of sp³-hybridized carbons (Fsp3) is 1.00. The van der Waals surface area contributed by atoms with Crippen molar-refractivity contribution in [3.63, 3.8) is 0 Å². The van der Waals surface area contributed by atoms with Crippen LogP contribution in [0.4, 0.5) is 0 Å². The average Bonchev–Trinajstić information content (AvgIpc) is 2.93. The molecule has 0 amide bonds. The van der Waals surface area contributed by atoms with Gasteiger partial charge in [-0.25, -0.2) is 0 Å². The Bertz CT molecular complexity index is 473. The molecule has 0 heterocycles. The molecule has 0 N–H and O–H groups in total. The molecule has 232 valence electrons. The third-order valence-electron chi connectivity index (χ3n) is 8.59. The van der Waals surface area contributed by atoms with Crippen molar-refractivity contribution in [2.45, 2.75) is 149 Å². The predicted octanol–water partition coefficient (Wildman–Crippen LogP) is 9.10. The molecular formula is C30H66ClO5PSi. The van der Waals surface area contributed by atoms with E-state index >= 15 is 0 Å². The second kappa shape index (κ2) is 24.3. The van der Waals surface area contributed by atoms with Gasteiger partial charge < -0.3 is 0 Å². The Kier molecular flexibility index (Phi) is 24.8. The normalized spacial score (nSPS) is 13.6. The van der Waals surface area contributed by atoms with Crippen molar-refractivity contribution >= 4 is 15.6 Å². The van der Waals surface area contributed by atoms with Gasteiger partial charge in [-0.1, -0.05) is 0 Å². The Morgan fingerprint density at radius 1 is 0.500 bits per heavy atom. The van der Waals surface area contributed by atoms with Gasteiger partial charge in [0.2, 0.25) is 0 Å². The molecule has 0 aromatic rings. The van der Waals surface area contributed by atoms with E-state index in [1.165, 1.54) is 116 Å². The Morgan fingerprint density at radius 3 is 1.13 bits per heavy atom. The van der Waals surface area contributed by atoms with Crippen LogP contribution in [0.15, 0.2) is 0 Å². The first-order chi connectivity index (χ1) is 18.4. The van der Waals surface area contributed by atoms with Crippen molar-refractivity contribution in [1.82, 2.24) is 0 Å². The van der Waals surface area contributed by atoms with E-state index in [-0.39, 0.29) is 0 Å². The molecule has 0 saturated carbocycles. The van der Waals surface area contributed by atoms with Gasteiger partial charge in [0.25, 0.3) is 0 Å². The summed E-state index contributed by atoms with van der Waals surface area (Å²) >= 11 is 0.965. The zero-order valence-electron chi connectivity index (χ0n) is 26.3. The molecule has 0 bridgehead atoms. The molecule has 0 saturated heterocycles. The first kappa shape index (κ1) is 38.7. The SMILES string of the molecule is CCCCCCCCP(CCCCCCCC)(CCCCCCCC)(CCC[Si](OC)(OC)OC)O[Cl+][O-]. The third kappa shape index (κ3) is 16.2. The van der Waals surface area contributed by atoms with Crippen LogP contribution in [-0.4, -0.2) is 54.8 Å². The summed E-state index contributed by atoms with van der Waals surface area (Å²) in [7, 11) is 2.44. The average molecular weight is 601 g/mol. The van der Waals surface area contributed by atoms with Crippen molar-refractivity contribution in [2.75, 3.05) is 46.0 Å². The van der Waals surface area contributed by atoms with Crippen LogP contribution < -0.4 is 4.66 Å². The summed E-state index contributed by atoms with van der Waals surface area (Å²) < 4.78 is 36.0. The third-order valence-corrected chi connectivity index (χ3v) is 19.0. The molecule has 0 radical (unpaired) electrons. The van der Waals surface area contributed by atoms with Crippen molar-refractivity contribution in [3.05, 3.63) is 0 Å². The number of hydrogen-bond donors (Lipinski definition) is 0. The van der Waals surface area contributed by atoms with E-state index in [4.69, 9.17) is 17.4 Å². The standard InChI is InChI=1S/C30H66ClO5PSi/c1-7-10-13-16-19-22-26-37(36-31-32,27-23-20-17-14-11-8-2,28-24-21-18-15-12-9-3)29-25-30-38(33-4,34-5)35-6/h7-30H2,1-6H3. The van der Waals surface area contributed by atoms with Crippen molar-refractivity contribution in [1.29, 1.82) is 0 Å². The zero-order valence-corrected chi connectivity index (χ0v) is 29.0. The van der Waals surface area contributed by atoms with Gasteiger partial charge in [0.1, 0.15) is 0 Å². The van der Waals surface area contributed by atoms with Gasteiger partial charge in [-0.2, -0.15) is 0 Å². The van der Waals surface area contributed by atoms with E-state index in [0.717, 1.165) is 48.4 Å². The Labute approximate surface area is 243 Å². The molecule has 38 heavy (non-hydrogen) atoms. The molecule has 0 aromatic carbocycles. The molecule has 0 aliphatic rings. The molecule has 0 spiro atoms. The Morgan fingerprint density at radius 2 is 0.816 bits per heavy atom. The van der Waals surface area contributed by atoms with Gasteiger partial charge in [0, 0.05) is 0 Å². The molecule has 0 aromatic heterocycles. The Balaban J connectivity index is 5.75. The van der Waals surface area contributed by atoms with E-state index in [2.05, 4.69) is 20.8 Å². The minimum absolute atomic E-state index is 0.776. The van der Waals surface area contributed by atoms with Crippen molar-refractivity contribution < 1.29 is 33.3 Å². The van der Waals surface area contributed by atoms with Crippen LogP contribution in [-0.2, 0) is 17.4 Å². The van der Waals surface area contributed by atoms with E-state index in [0.29, 0.717) is 0 Å². The van der Waals surface area contributed by atoms with Gasteiger partial charge in [-0.05, 0) is 0 Å². The van der Waals surface area contributed by atoms with Crippen molar-refractivity contribution in [2.24, 2.45) is 0 Å². The molecule has 5 nitrogen and oxygen atoms in total. The molecule has 0 rings (SSSR count). The van der Waals surface area contributed by atoms with Crippen LogP contribution in [0.2, 0.25) is 6.04 Å². The molecule has 8 heteroatoms. The fourth-order valence-electron chi connectivity index (χ4n) is 6.02. The summed E-state index contributed by atoms with van der Waals surface area (Å²) in [6, 6.07) is 0.776. The minimum atomic E-state index is -2.71. The molecule has 0 aliphatic carbocycles.